The van der Waals surface area contributed by atoms with Crippen LogP contribution in [0, 0.1) is 0 Å². The van der Waals surface area contributed by atoms with Crippen LogP contribution in [-0.2, 0) is 0 Å². The van der Waals surface area contributed by atoms with Gasteiger partial charge in [-0.05, 0) is 32.0 Å². The highest BCUT2D eigenvalue weighted by Gasteiger charge is 2.24. The van der Waals surface area contributed by atoms with Gasteiger partial charge in [0.1, 0.15) is 35.4 Å². The molecule has 5 rings (SSSR count). The van der Waals surface area contributed by atoms with Gasteiger partial charge in [-0.1, -0.05) is 11.6 Å². The highest BCUT2D eigenvalue weighted by atomic mass is 35.5. The van der Waals surface area contributed by atoms with Gasteiger partial charge in [0.05, 0.1) is 15.9 Å². The van der Waals surface area contributed by atoms with Gasteiger partial charge in [0, 0.05) is 25.2 Å². The summed E-state index contributed by atoms with van der Waals surface area (Å²) in [6, 6.07) is 6.69. The number of anilines is 2. The summed E-state index contributed by atoms with van der Waals surface area (Å²) >= 11 is 6.43. The molecule has 156 valence electrons. The molecule has 3 heterocycles. The number of benzene rings is 2. The molecule has 30 heavy (non-hydrogen) atoms. The minimum absolute atomic E-state index is 0.0561. The fraction of sp³-hybridized carbons (Fsp3) is 0.333. The molecule has 0 aliphatic carbocycles. The predicted molar refractivity (Wildman–Crippen MR) is 113 cm³/mol. The molecule has 2 aliphatic heterocycles. The third kappa shape index (κ3) is 3.53. The summed E-state index contributed by atoms with van der Waals surface area (Å²) in [5, 5.41) is 14.6. The highest BCUT2D eigenvalue weighted by molar-refractivity contribution is 6.34. The fourth-order valence-corrected chi connectivity index (χ4v) is 3.99. The van der Waals surface area contributed by atoms with Crippen molar-refractivity contribution in [2.75, 3.05) is 32.2 Å². The number of nitrogens with one attached hydrogen (secondary N) is 1. The van der Waals surface area contributed by atoms with E-state index in [0.717, 1.165) is 25.9 Å². The lowest BCUT2D eigenvalue weighted by molar-refractivity contribution is 0.115. The zero-order valence-corrected chi connectivity index (χ0v) is 17.1. The van der Waals surface area contributed by atoms with Crippen LogP contribution in [0.15, 0.2) is 30.6 Å². The number of fused-ring (bicyclic) bond motifs is 2. The lowest BCUT2D eigenvalue weighted by Gasteiger charge is -2.29. The van der Waals surface area contributed by atoms with Crippen LogP contribution in [0.25, 0.3) is 10.9 Å². The second-order valence-electron chi connectivity index (χ2n) is 7.46. The van der Waals surface area contributed by atoms with E-state index in [2.05, 4.69) is 27.2 Å². The molecule has 2 aromatic carbocycles. The van der Waals surface area contributed by atoms with Crippen molar-refractivity contribution in [1.82, 2.24) is 14.9 Å². The summed E-state index contributed by atoms with van der Waals surface area (Å²) in [4.78, 5) is 11.0. The number of hydrogen-bond donors (Lipinski definition) is 2. The summed E-state index contributed by atoms with van der Waals surface area (Å²) in [5.74, 6) is 2.27. The number of ether oxygens (including phenoxy) is 3. The number of hydrogen-bond acceptors (Lipinski definition) is 8. The van der Waals surface area contributed by atoms with Crippen molar-refractivity contribution in [2.24, 2.45) is 0 Å². The van der Waals surface area contributed by atoms with Gasteiger partial charge in [0.15, 0.2) is 11.5 Å². The standard InChI is InChI=1S/C21H21ClN4O4/c1-26-6-4-13(5-7-26)30-17-9-12(27)8-15-18(17)21(24-10-23-15)25-19-14(22)2-3-16-20(19)29-11-28-16/h2-3,8-10,13,27H,4-7,11H2,1H3,(H,23,24,25). The maximum absolute atomic E-state index is 10.2. The van der Waals surface area contributed by atoms with E-state index >= 15 is 0 Å². The Hall–Kier alpha value is -2.97. The number of aromatic hydroxyl groups is 1. The van der Waals surface area contributed by atoms with Crippen molar-refractivity contribution in [1.29, 1.82) is 0 Å². The SMILES string of the molecule is CN1CCC(Oc2cc(O)cc3ncnc(Nc4c(Cl)ccc5c4OCO5)c23)CC1. The number of piperidine rings is 1. The van der Waals surface area contributed by atoms with Gasteiger partial charge in [0.2, 0.25) is 6.79 Å². The van der Waals surface area contributed by atoms with Gasteiger partial charge in [-0.2, -0.15) is 0 Å². The van der Waals surface area contributed by atoms with Crippen LogP contribution < -0.4 is 19.5 Å². The van der Waals surface area contributed by atoms with Crippen molar-refractivity contribution in [3.63, 3.8) is 0 Å². The largest absolute Gasteiger partial charge is 0.508 e. The second-order valence-corrected chi connectivity index (χ2v) is 7.87. The molecule has 1 aromatic heterocycles. The number of rotatable bonds is 4. The lowest BCUT2D eigenvalue weighted by Crippen LogP contribution is -2.35. The third-order valence-electron chi connectivity index (χ3n) is 5.38. The lowest BCUT2D eigenvalue weighted by atomic mass is 10.1. The molecule has 0 unspecified atom stereocenters. The van der Waals surface area contributed by atoms with E-state index < -0.39 is 0 Å². The number of phenolic OH excluding ortho intramolecular Hbond substituents is 1. The molecule has 9 heteroatoms. The van der Waals surface area contributed by atoms with Crippen LogP contribution in [0.4, 0.5) is 11.5 Å². The molecular formula is C21H21ClN4O4. The molecule has 0 atom stereocenters. The minimum Gasteiger partial charge on any atom is -0.508 e. The second kappa shape index (κ2) is 7.70. The third-order valence-corrected chi connectivity index (χ3v) is 5.69. The van der Waals surface area contributed by atoms with Gasteiger partial charge in [-0.25, -0.2) is 9.97 Å². The van der Waals surface area contributed by atoms with Crippen molar-refractivity contribution in [2.45, 2.75) is 18.9 Å². The number of phenols is 1. The maximum Gasteiger partial charge on any atom is 0.231 e. The molecule has 2 aliphatic rings. The number of nitrogens with zero attached hydrogens (tertiary/aromatic N) is 3. The van der Waals surface area contributed by atoms with Crippen molar-refractivity contribution in [3.8, 4) is 23.0 Å². The monoisotopic (exact) mass is 428 g/mol. The van der Waals surface area contributed by atoms with Crippen molar-refractivity contribution in [3.05, 3.63) is 35.6 Å². The van der Waals surface area contributed by atoms with Crippen LogP contribution in [0.2, 0.25) is 5.02 Å². The Morgan fingerprint density at radius 3 is 2.87 bits per heavy atom. The van der Waals surface area contributed by atoms with Crippen LogP contribution in [0.5, 0.6) is 23.0 Å². The molecule has 0 saturated carbocycles. The number of likely N-dealkylation sites (tertiary alicyclic amines) is 1. The number of aromatic nitrogens is 2. The first-order chi connectivity index (χ1) is 14.6. The molecular weight excluding hydrogens is 408 g/mol. The first-order valence-corrected chi connectivity index (χ1v) is 10.1. The van der Waals surface area contributed by atoms with E-state index in [1.807, 2.05) is 0 Å². The van der Waals surface area contributed by atoms with E-state index in [1.54, 1.807) is 24.3 Å². The molecule has 0 radical (unpaired) electrons. The van der Waals surface area contributed by atoms with Gasteiger partial charge in [0.25, 0.3) is 0 Å². The summed E-state index contributed by atoms with van der Waals surface area (Å²) < 4.78 is 17.3. The minimum atomic E-state index is 0.0561. The quantitative estimate of drug-likeness (QED) is 0.646. The smallest absolute Gasteiger partial charge is 0.231 e. The van der Waals surface area contributed by atoms with Gasteiger partial charge >= 0.3 is 0 Å². The fourth-order valence-electron chi connectivity index (χ4n) is 3.79. The Morgan fingerprint density at radius 2 is 2.03 bits per heavy atom. The average molecular weight is 429 g/mol. The highest BCUT2D eigenvalue weighted by Crippen LogP contribution is 2.46. The van der Waals surface area contributed by atoms with E-state index in [9.17, 15) is 5.11 Å². The average Bonchev–Trinajstić information content (AvgIpc) is 3.20. The Morgan fingerprint density at radius 1 is 1.20 bits per heavy atom. The van der Waals surface area contributed by atoms with Crippen LogP contribution in [-0.4, -0.2) is 53.0 Å². The van der Waals surface area contributed by atoms with Crippen LogP contribution >= 0.6 is 11.6 Å². The molecule has 1 saturated heterocycles. The zero-order chi connectivity index (χ0) is 20.7. The molecule has 0 spiro atoms. The van der Waals surface area contributed by atoms with Gasteiger partial charge in [-0.15, -0.1) is 0 Å². The van der Waals surface area contributed by atoms with Gasteiger partial charge < -0.3 is 29.5 Å². The van der Waals surface area contributed by atoms with E-state index in [4.69, 9.17) is 25.8 Å². The topological polar surface area (TPSA) is 89.0 Å². The Kier molecular flexibility index (Phi) is 4.88. The molecule has 8 nitrogen and oxygen atoms in total. The van der Waals surface area contributed by atoms with Crippen molar-refractivity contribution >= 4 is 34.0 Å². The maximum atomic E-state index is 10.2. The molecule has 0 amide bonds. The Labute approximate surface area is 178 Å². The molecule has 1 fully saturated rings. The normalized spacial score (nSPS) is 16.7. The van der Waals surface area contributed by atoms with E-state index in [0.29, 0.717) is 44.7 Å². The Bertz CT molecular complexity index is 1100. The van der Waals surface area contributed by atoms with Crippen molar-refractivity contribution < 1.29 is 19.3 Å². The number of halogens is 1. The zero-order valence-electron chi connectivity index (χ0n) is 16.4. The summed E-state index contributed by atoms with van der Waals surface area (Å²) in [6.07, 6.45) is 3.30. The van der Waals surface area contributed by atoms with Gasteiger partial charge in [-0.3, -0.25) is 0 Å². The van der Waals surface area contributed by atoms with Crippen LogP contribution in [0.3, 0.4) is 0 Å². The Balaban J connectivity index is 1.56. The molecule has 3 aromatic rings. The predicted octanol–water partition coefficient (Wildman–Crippen LogP) is 3.93. The molecule has 2 N–H and O–H groups in total. The van der Waals surface area contributed by atoms with Crippen LogP contribution in [0.1, 0.15) is 12.8 Å². The molecule has 0 bridgehead atoms. The first kappa shape index (κ1) is 19.0. The summed E-state index contributed by atoms with van der Waals surface area (Å²) in [7, 11) is 2.10. The summed E-state index contributed by atoms with van der Waals surface area (Å²) in [6.45, 7) is 2.06. The first-order valence-electron chi connectivity index (χ1n) is 9.76. The van der Waals surface area contributed by atoms with E-state index in [-0.39, 0.29) is 18.6 Å². The summed E-state index contributed by atoms with van der Waals surface area (Å²) in [5.41, 5.74) is 1.13. The van der Waals surface area contributed by atoms with E-state index in [1.165, 1.54) is 6.33 Å².